The summed E-state index contributed by atoms with van der Waals surface area (Å²) >= 11 is 6.18. The maximum atomic E-state index is 6.18. The van der Waals surface area contributed by atoms with E-state index >= 15 is 0 Å². The molecule has 3 aromatic heterocycles. The molecule has 0 aromatic carbocycles. The zero-order chi connectivity index (χ0) is 16.1. The molecule has 0 amide bonds. The maximum absolute atomic E-state index is 6.18. The van der Waals surface area contributed by atoms with Crippen molar-refractivity contribution in [1.29, 1.82) is 0 Å². The van der Waals surface area contributed by atoms with Gasteiger partial charge in [-0.05, 0) is 18.2 Å². The van der Waals surface area contributed by atoms with Gasteiger partial charge in [0, 0.05) is 61.0 Å². The topological polar surface area (TPSA) is 66.8 Å². The van der Waals surface area contributed by atoms with E-state index in [1.807, 2.05) is 18.2 Å². The highest BCUT2D eigenvalue weighted by molar-refractivity contribution is 6.30. The van der Waals surface area contributed by atoms with Gasteiger partial charge >= 0.3 is 0 Å². The Labute approximate surface area is 143 Å². The third kappa shape index (κ3) is 2.26. The Kier molecular flexibility index (Phi) is 3.06. The number of hydrogen-bond donors (Lipinski definition) is 1. The lowest BCUT2D eigenvalue weighted by Crippen LogP contribution is -2.29. The number of rotatable bonds is 3. The molecule has 1 N–H and O–H groups in total. The highest BCUT2D eigenvalue weighted by atomic mass is 35.5. The summed E-state index contributed by atoms with van der Waals surface area (Å²) in [5.74, 6) is 2.84. The average molecular weight is 339 g/mol. The van der Waals surface area contributed by atoms with Crippen LogP contribution in [0.25, 0.3) is 10.9 Å². The number of hydrogen-bond acceptors (Lipinski definition) is 6. The second-order valence-corrected chi connectivity index (χ2v) is 6.70. The predicted octanol–water partition coefficient (Wildman–Crippen LogP) is 2.62. The molecule has 1 unspecified atom stereocenters. The van der Waals surface area contributed by atoms with E-state index < -0.39 is 0 Å². The Balaban J connectivity index is 1.36. The summed E-state index contributed by atoms with van der Waals surface area (Å²) in [4.78, 5) is 19.7. The molecule has 1 saturated carbocycles. The SMILES string of the molecule is Clc1cc2ncccc2c(N2C[C@@H]3C(Nc4ncccn4)[C@@H]3C2)n1. The van der Waals surface area contributed by atoms with Crippen LogP contribution in [-0.4, -0.2) is 39.1 Å². The van der Waals surface area contributed by atoms with Gasteiger partial charge in [-0.15, -0.1) is 0 Å². The Morgan fingerprint density at radius 3 is 2.58 bits per heavy atom. The first-order valence-corrected chi connectivity index (χ1v) is 8.37. The number of nitrogens with one attached hydrogen (secondary N) is 1. The minimum absolute atomic E-state index is 0.451. The second-order valence-electron chi connectivity index (χ2n) is 6.31. The normalized spacial score (nSPS) is 24.9. The zero-order valence-corrected chi connectivity index (χ0v) is 13.6. The molecule has 120 valence electrons. The van der Waals surface area contributed by atoms with Crippen molar-refractivity contribution in [2.75, 3.05) is 23.3 Å². The molecular formula is C17H15ClN6. The molecule has 0 radical (unpaired) electrons. The van der Waals surface area contributed by atoms with Gasteiger partial charge in [0.1, 0.15) is 11.0 Å². The molecule has 3 atom stereocenters. The quantitative estimate of drug-likeness (QED) is 0.740. The van der Waals surface area contributed by atoms with Crippen molar-refractivity contribution in [2.45, 2.75) is 6.04 Å². The first-order chi connectivity index (χ1) is 11.8. The van der Waals surface area contributed by atoms with E-state index in [2.05, 4.69) is 36.2 Å². The van der Waals surface area contributed by atoms with Gasteiger partial charge in [-0.1, -0.05) is 11.6 Å². The molecule has 2 aliphatic rings. The summed E-state index contributed by atoms with van der Waals surface area (Å²) < 4.78 is 0. The fourth-order valence-corrected chi connectivity index (χ4v) is 3.89. The summed E-state index contributed by atoms with van der Waals surface area (Å²) in [7, 11) is 0. The van der Waals surface area contributed by atoms with E-state index in [1.54, 1.807) is 18.6 Å². The Morgan fingerprint density at radius 1 is 1.04 bits per heavy atom. The molecule has 7 heteroatoms. The third-order valence-electron chi connectivity index (χ3n) is 4.90. The van der Waals surface area contributed by atoms with E-state index in [9.17, 15) is 0 Å². The molecular weight excluding hydrogens is 324 g/mol. The highest BCUT2D eigenvalue weighted by Crippen LogP contribution is 2.48. The van der Waals surface area contributed by atoms with Crippen LogP contribution in [0.3, 0.4) is 0 Å². The van der Waals surface area contributed by atoms with Crippen LogP contribution >= 0.6 is 11.6 Å². The standard InChI is InChI=1S/C17H15ClN6/c18-14-7-13-10(3-1-4-19-13)16(22-14)24-8-11-12(9-24)15(11)23-17-20-5-2-6-21-17/h1-7,11-12,15H,8-9H2,(H,20,21,23)/t11-,12+,15?. The molecule has 5 rings (SSSR count). The van der Waals surface area contributed by atoms with Gasteiger partial charge in [-0.3, -0.25) is 4.98 Å². The van der Waals surface area contributed by atoms with Gasteiger partial charge < -0.3 is 10.2 Å². The van der Waals surface area contributed by atoms with Gasteiger partial charge in [-0.25, -0.2) is 15.0 Å². The number of halogens is 1. The number of anilines is 2. The van der Waals surface area contributed by atoms with Crippen molar-refractivity contribution >= 4 is 34.3 Å². The van der Waals surface area contributed by atoms with Crippen LogP contribution in [0.15, 0.2) is 42.9 Å². The number of nitrogens with zero attached hydrogens (tertiary/aromatic N) is 5. The van der Waals surface area contributed by atoms with E-state index in [4.69, 9.17) is 11.6 Å². The second kappa shape index (κ2) is 5.27. The highest BCUT2D eigenvalue weighted by Gasteiger charge is 2.56. The molecule has 3 aromatic rings. The van der Waals surface area contributed by atoms with Crippen molar-refractivity contribution in [1.82, 2.24) is 19.9 Å². The Hall–Kier alpha value is -2.47. The predicted molar refractivity (Wildman–Crippen MR) is 93.2 cm³/mol. The molecule has 1 saturated heterocycles. The van der Waals surface area contributed by atoms with Gasteiger partial charge in [0.25, 0.3) is 0 Å². The van der Waals surface area contributed by atoms with Crippen molar-refractivity contribution in [3.63, 3.8) is 0 Å². The average Bonchev–Trinajstić information content (AvgIpc) is 3.05. The van der Waals surface area contributed by atoms with Crippen LogP contribution in [0.4, 0.5) is 11.8 Å². The molecule has 1 aliphatic heterocycles. The molecule has 24 heavy (non-hydrogen) atoms. The number of fused-ring (bicyclic) bond motifs is 2. The van der Waals surface area contributed by atoms with Gasteiger partial charge in [0.15, 0.2) is 0 Å². The van der Waals surface area contributed by atoms with E-state index in [0.717, 1.165) is 29.8 Å². The largest absolute Gasteiger partial charge is 0.355 e. The molecule has 2 fully saturated rings. The smallest absolute Gasteiger partial charge is 0.222 e. The van der Waals surface area contributed by atoms with Crippen molar-refractivity contribution in [2.24, 2.45) is 11.8 Å². The molecule has 1 aliphatic carbocycles. The maximum Gasteiger partial charge on any atom is 0.222 e. The zero-order valence-electron chi connectivity index (χ0n) is 12.8. The Bertz CT molecular complexity index is 890. The monoisotopic (exact) mass is 338 g/mol. The van der Waals surface area contributed by atoms with Crippen LogP contribution in [0.1, 0.15) is 0 Å². The Morgan fingerprint density at radius 2 is 1.79 bits per heavy atom. The first-order valence-electron chi connectivity index (χ1n) is 7.99. The molecule has 0 bridgehead atoms. The summed E-state index contributed by atoms with van der Waals surface area (Å²) in [5.41, 5.74) is 0.889. The summed E-state index contributed by atoms with van der Waals surface area (Å²) in [6, 6.07) is 8.08. The molecule has 4 heterocycles. The first kappa shape index (κ1) is 13.9. The van der Waals surface area contributed by atoms with E-state index in [0.29, 0.717) is 29.0 Å². The summed E-state index contributed by atoms with van der Waals surface area (Å²) in [6.45, 7) is 1.93. The summed E-state index contributed by atoms with van der Waals surface area (Å²) in [5, 5.41) is 4.98. The van der Waals surface area contributed by atoms with Crippen molar-refractivity contribution in [3.8, 4) is 0 Å². The fraction of sp³-hybridized carbons (Fsp3) is 0.294. The number of aromatic nitrogens is 4. The number of pyridine rings is 2. The van der Waals surface area contributed by atoms with Crippen molar-refractivity contribution in [3.05, 3.63) is 48.0 Å². The molecule has 6 nitrogen and oxygen atoms in total. The lowest BCUT2D eigenvalue weighted by molar-refractivity contribution is 0.757. The lowest BCUT2D eigenvalue weighted by atomic mass is 10.2. The van der Waals surface area contributed by atoms with E-state index in [1.165, 1.54) is 0 Å². The van der Waals surface area contributed by atoms with Gasteiger partial charge in [-0.2, -0.15) is 0 Å². The van der Waals surface area contributed by atoms with Gasteiger partial charge in [0.05, 0.1) is 5.52 Å². The third-order valence-corrected chi connectivity index (χ3v) is 5.10. The van der Waals surface area contributed by atoms with Crippen molar-refractivity contribution < 1.29 is 0 Å². The van der Waals surface area contributed by atoms with E-state index in [-0.39, 0.29) is 0 Å². The van der Waals surface area contributed by atoms with Gasteiger partial charge in [0.2, 0.25) is 5.95 Å². The van der Waals surface area contributed by atoms with Crippen LogP contribution < -0.4 is 10.2 Å². The minimum atomic E-state index is 0.451. The minimum Gasteiger partial charge on any atom is -0.355 e. The van der Waals surface area contributed by atoms with Crippen LogP contribution in [0.5, 0.6) is 0 Å². The lowest BCUT2D eigenvalue weighted by Gasteiger charge is -2.22. The van der Waals surface area contributed by atoms with Crippen LogP contribution in [-0.2, 0) is 0 Å². The number of piperidine rings is 1. The van der Waals surface area contributed by atoms with Crippen LogP contribution in [0, 0.1) is 11.8 Å². The summed E-state index contributed by atoms with van der Waals surface area (Å²) in [6.07, 6.45) is 5.30. The van der Waals surface area contributed by atoms with Crippen LogP contribution in [0.2, 0.25) is 5.15 Å². The fourth-order valence-electron chi connectivity index (χ4n) is 3.71. The molecule has 0 spiro atoms.